The summed E-state index contributed by atoms with van der Waals surface area (Å²) in [5, 5.41) is 0.988. The molecular formula is C16H19N3O. The van der Waals surface area contributed by atoms with Crippen LogP contribution >= 0.6 is 0 Å². The van der Waals surface area contributed by atoms with Crippen LogP contribution in [0.1, 0.15) is 23.2 Å². The number of carbonyl (C=O) groups excluding carboxylic acids is 1. The van der Waals surface area contributed by atoms with Crippen molar-refractivity contribution in [3.05, 3.63) is 42.1 Å². The third-order valence-corrected chi connectivity index (χ3v) is 4.09. The molecule has 0 saturated heterocycles. The van der Waals surface area contributed by atoms with E-state index in [0.717, 1.165) is 10.9 Å². The van der Waals surface area contributed by atoms with Gasteiger partial charge in [-0.1, -0.05) is 18.2 Å². The lowest BCUT2D eigenvalue weighted by atomic mass is 10.1. The van der Waals surface area contributed by atoms with E-state index in [1.807, 2.05) is 37.4 Å². The van der Waals surface area contributed by atoms with E-state index < -0.39 is 0 Å². The van der Waals surface area contributed by atoms with Gasteiger partial charge in [0.15, 0.2) is 0 Å². The van der Waals surface area contributed by atoms with Gasteiger partial charge >= 0.3 is 0 Å². The van der Waals surface area contributed by atoms with Gasteiger partial charge in [-0.05, 0) is 30.9 Å². The highest BCUT2D eigenvalue weighted by Gasteiger charge is 2.35. The molecular weight excluding hydrogens is 250 g/mol. The zero-order valence-corrected chi connectivity index (χ0v) is 11.6. The molecule has 0 radical (unpaired) electrons. The minimum absolute atomic E-state index is 0.0108. The lowest BCUT2D eigenvalue weighted by Crippen LogP contribution is -2.43. The zero-order chi connectivity index (χ0) is 14.1. The molecule has 20 heavy (non-hydrogen) atoms. The Balaban J connectivity index is 1.95. The van der Waals surface area contributed by atoms with E-state index in [1.165, 1.54) is 12.8 Å². The molecule has 1 aromatic heterocycles. The fourth-order valence-corrected chi connectivity index (χ4v) is 2.77. The quantitative estimate of drug-likeness (QED) is 0.924. The molecule has 0 bridgehead atoms. The van der Waals surface area contributed by atoms with E-state index in [0.29, 0.717) is 18.0 Å². The maximum atomic E-state index is 12.7. The molecule has 1 amide bonds. The van der Waals surface area contributed by atoms with Crippen LogP contribution in [0.2, 0.25) is 0 Å². The first kappa shape index (κ1) is 13.1. The maximum Gasteiger partial charge on any atom is 0.256 e. The van der Waals surface area contributed by atoms with Crippen molar-refractivity contribution < 1.29 is 4.79 Å². The molecule has 3 rings (SSSR count). The largest absolute Gasteiger partial charge is 0.337 e. The number of likely N-dealkylation sites (N-methyl/N-ethyl adjacent to an activating group) is 1. The highest BCUT2D eigenvalue weighted by molar-refractivity contribution is 6.05. The molecule has 0 aliphatic heterocycles. The summed E-state index contributed by atoms with van der Waals surface area (Å²) in [7, 11) is 1.85. The molecule has 1 atom stereocenters. The van der Waals surface area contributed by atoms with Crippen molar-refractivity contribution in [2.75, 3.05) is 13.6 Å². The van der Waals surface area contributed by atoms with Crippen molar-refractivity contribution in [2.24, 2.45) is 11.7 Å². The Hall–Kier alpha value is -1.94. The Bertz CT molecular complexity index is 631. The summed E-state index contributed by atoms with van der Waals surface area (Å²) in [6.07, 6.45) is 4.07. The molecule has 2 aromatic rings. The van der Waals surface area contributed by atoms with Crippen molar-refractivity contribution in [3.63, 3.8) is 0 Å². The van der Waals surface area contributed by atoms with Crippen molar-refractivity contribution in [1.29, 1.82) is 0 Å². The van der Waals surface area contributed by atoms with Crippen LogP contribution in [-0.4, -0.2) is 35.4 Å². The summed E-state index contributed by atoms with van der Waals surface area (Å²) in [6, 6.07) is 9.71. The van der Waals surface area contributed by atoms with Gasteiger partial charge in [0.25, 0.3) is 5.91 Å². The lowest BCUT2D eigenvalue weighted by molar-refractivity contribution is 0.0720. The van der Waals surface area contributed by atoms with Crippen LogP contribution in [0.5, 0.6) is 0 Å². The van der Waals surface area contributed by atoms with Crippen LogP contribution in [0, 0.1) is 5.92 Å². The van der Waals surface area contributed by atoms with Gasteiger partial charge in [0.2, 0.25) is 0 Å². The van der Waals surface area contributed by atoms with Gasteiger partial charge in [-0.3, -0.25) is 9.78 Å². The molecule has 0 spiro atoms. The highest BCUT2D eigenvalue weighted by atomic mass is 16.2. The molecule has 104 valence electrons. The third-order valence-electron chi connectivity index (χ3n) is 4.09. The van der Waals surface area contributed by atoms with Crippen molar-refractivity contribution in [2.45, 2.75) is 18.9 Å². The average Bonchev–Trinajstić information content (AvgIpc) is 3.31. The standard InChI is InChI=1S/C16H19N3O/c1-19(14(10-17)11-7-8-11)16(20)13-6-2-4-12-5-3-9-18-15(12)13/h2-6,9,11,14H,7-8,10,17H2,1H3. The van der Waals surface area contributed by atoms with Gasteiger partial charge < -0.3 is 10.6 Å². The molecule has 1 aliphatic carbocycles. The third kappa shape index (κ3) is 2.27. The minimum atomic E-state index is 0.0108. The lowest BCUT2D eigenvalue weighted by Gasteiger charge is -2.27. The number of amides is 1. The number of nitrogens with two attached hydrogens (primary N) is 1. The number of rotatable bonds is 4. The number of hydrogen-bond acceptors (Lipinski definition) is 3. The zero-order valence-electron chi connectivity index (χ0n) is 11.6. The van der Waals surface area contributed by atoms with Gasteiger partial charge in [0.1, 0.15) is 0 Å². The van der Waals surface area contributed by atoms with E-state index in [4.69, 9.17) is 5.73 Å². The summed E-state index contributed by atoms with van der Waals surface area (Å²) in [5.74, 6) is 0.577. The van der Waals surface area contributed by atoms with E-state index in [-0.39, 0.29) is 11.9 Å². The molecule has 1 fully saturated rings. The van der Waals surface area contributed by atoms with Crippen LogP contribution in [0.4, 0.5) is 0 Å². The van der Waals surface area contributed by atoms with Gasteiger partial charge in [-0.15, -0.1) is 0 Å². The monoisotopic (exact) mass is 269 g/mol. The first-order valence-electron chi connectivity index (χ1n) is 7.03. The molecule has 1 heterocycles. The molecule has 1 aliphatic rings. The van der Waals surface area contributed by atoms with Gasteiger partial charge in [0.05, 0.1) is 11.1 Å². The maximum absolute atomic E-state index is 12.7. The first-order chi connectivity index (χ1) is 9.72. The summed E-state index contributed by atoms with van der Waals surface area (Å²) in [6.45, 7) is 0.519. The average molecular weight is 269 g/mol. The van der Waals surface area contributed by atoms with E-state index in [2.05, 4.69) is 4.98 Å². The van der Waals surface area contributed by atoms with Crippen LogP contribution in [0.15, 0.2) is 36.5 Å². The number of fused-ring (bicyclic) bond motifs is 1. The van der Waals surface area contributed by atoms with Crippen molar-refractivity contribution in [1.82, 2.24) is 9.88 Å². The van der Waals surface area contributed by atoms with Crippen LogP contribution in [0.3, 0.4) is 0 Å². The number of nitrogens with zero attached hydrogens (tertiary/aromatic N) is 2. The normalized spacial score (nSPS) is 16.1. The Labute approximate surface area is 118 Å². The number of pyridine rings is 1. The van der Waals surface area contributed by atoms with E-state index in [9.17, 15) is 4.79 Å². The summed E-state index contributed by atoms with van der Waals surface area (Å²) < 4.78 is 0. The fourth-order valence-electron chi connectivity index (χ4n) is 2.77. The van der Waals surface area contributed by atoms with Gasteiger partial charge in [-0.25, -0.2) is 0 Å². The predicted octanol–water partition coefficient (Wildman–Crippen LogP) is 2.04. The first-order valence-corrected chi connectivity index (χ1v) is 7.03. The second-order valence-corrected chi connectivity index (χ2v) is 5.44. The van der Waals surface area contributed by atoms with Crippen LogP contribution in [0.25, 0.3) is 10.9 Å². The molecule has 2 N–H and O–H groups in total. The van der Waals surface area contributed by atoms with Crippen molar-refractivity contribution >= 4 is 16.8 Å². The second-order valence-electron chi connectivity index (χ2n) is 5.44. The summed E-state index contributed by atoms with van der Waals surface area (Å²) in [4.78, 5) is 18.9. The topological polar surface area (TPSA) is 59.2 Å². The summed E-state index contributed by atoms with van der Waals surface area (Å²) in [5.41, 5.74) is 7.25. The second kappa shape index (κ2) is 5.21. The number of carbonyl (C=O) groups is 1. The predicted molar refractivity (Wildman–Crippen MR) is 79.4 cm³/mol. The van der Waals surface area contributed by atoms with Crippen LogP contribution in [-0.2, 0) is 0 Å². The molecule has 1 unspecified atom stereocenters. The van der Waals surface area contributed by atoms with Gasteiger partial charge in [-0.2, -0.15) is 0 Å². The van der Waals surface area contributed by atoms with Gasteiger partial charge in [0, 0.05) is 31.2 Å². The fraction of sp³-hybridized carbons (Fsp3) is 0.375. The Morgan fingerprint density at radius 1 is 1.40 bits per heavy atom. The minimum Gasteiger partial charge on any atom is -0.337 e. The highest BCUT2D eigenvalue weighted by Crippen LogP contribution is 2.35. The molecule has 4 heteroatoms. The molecule has 1 saturated carbocycles. The Kier molecular flexibility index (Phi) is 3.40. The smallest absolute Gasteiger partial charge is 0.256 e. The summed E-state index contributed by atoms with van der Waals surface area (Å²) >= 11 is 0. The molecule has 4 nitrogen and oxygen atoms in total. The van der Waals surface area contributed by atoms with Crippen LogP contribution < -0.4 is 5.73 Å². The molecule has 1 aromatic carbocycles. The number of benzene rings is 1. The number of para-hydroxylation sites is 1. The van der Waals surface area contributed by atoms with E-state index >= 15 is 0 Å². The SMILES string of the molecule is CN(C(=O)c1cccc2cccnc12)C(CN)C1CC1. The Morgan fingerprint density at radius 3 is 2.85 bits per heavy atom. The number of aromatic nitrogens is 1. The van der Waals surface area contributed by atoms with E-state index in [1.54, 1.807) is 11.1 Å². The van der Waals surface area contributed by atoms with Crippen molar-refractivity contribution in [3.8, 4) is 0 Å². The Morgan fingerprint density at radius 2 is 2.15 bits per heavy atom. The number of hydrogen-bond donors (Lipinski definition) is 1.